The van der Waals surface area contributed by atoms with Crippen molar-refractivity contribution in [2.75, 3.05) is 19.7 Å². The summed E-state index contributed by atoms with van der Waals surface area (Å²) in [5, 5.41) is 0. The lowest BCUT2D eigenvalue weighted by atomic mass is 9.95. The lowest BCUT2D eigenvalue weighted by Crippen LogP contribution is -2.53. The number of hydrogen-bond donors (Lipinski definition) is 1. The molecule has 0 spiro atoms. The van der Waals surface area contributed by atoms with Gasteiger partial charge in [-0.2, -0.15) is 0 Å². The topological polar surface area (TPSA) is 55.6 Å². The average Bonchev–Trinajstić information content (AvgIpc) is 2.17. The predicted octanol–water partition coefficient (Wildman–Crippen LogP) is 0.997. The number of rotatable bonds is 4. The smallest absolute Gasteiger partial charge is 0.323 e. The van der Waals surface area contributed by atoms with E-state index in [9.17, 15) is 4.79 Å². The Morgan fingerprint density at radius 3 is 2.69 bits per heavy atom. The Morgan fingerprint density at radius 1 is 1.50 bits per heavy atom. The molecule has 2 N–H and O–H groups in total. The minimum absolute atomic E-state index is 0.105. The van der Waals surface area contributed by atoms with Crippen LogP contribution in [0.2, 0.25) is 0 Å². The van der Waals surface area contributed by atoms with Crippen LogP contribution in [0.3, 0.4) is 0 Å². The summed E-state index contributed by atoms with van der Waals surface area (Å²) in [6, 6.07) is 0.0703. The van der Waals surface area contributed by atoms with E-state index < -0.39 is 0 Å². The summed E-state index contributed by atoms with van der Waals surface area (Å²) in [7, 11) is 0. The molecule has 0 radical (unpaired) electrons. The van der Waals surface area contributed by atoms with Crippen LogP contribution in [-0.2, 0) is 9.53 Å². The van der Waals surface area contributed by atoms with E-state index in [0.717, 1.165) is 25.9 Å². The second-order valence-corrected chi connectivity index (χ2v) is 4.73. The third kappa shape index (κ3) is 3.46. The van der Waals surface area contributed by atoms with Gasteiger partial charge in [0.15, 0.2) is 0 Å². The highest BCUT2D eigenvalue weighted by Gasteiger charge is 2.31. The van der Waals surface area contributed by atoms with E-state index in [4.69, 9.17) is 10.5 Å². The van der Waals surface area contributed by atoms with Gasteiger partial charge >= 0.3 is 5.97 Å². The fourth-order valence-corrected chi connectivity index (χ4v) is 2.51. The normalized spacial score (nSPS) is 28.8. The molecule has 0 aromatic carbocycles. The number of nitrogens with zero attached hydrogens (tertiary/aromatic N) is 1. The van der Waals surface area contributed by atoms with Crippen LogP contribution in [0, 0.1) is 5.92 Å². The van der Waals surface area contributed by atoms with E-state index in [1.165, 1.54) is 0 Å². The number of nitrogens with two attached hydrogens (primary N) is 1. The molecule has 0 saturated carbocycles. The molecule has 1 aliphatic rings. The second-order valence-electron chi connectivity index (χ2n) is 4.73. The van der Waals surface area contributed by atoms with Crippen LogP contribution in [0.15, 0.2) is 0 Å². The van der Waals surface area contributed by atoms with Crippen molar-refractivity contribution in [3.8, 4) is 0 Å². The van der Waals surface area contributed by atoms with E-state index in [1.807, 2.05) is 13.8 Å². The molecule has 4 heteroatoms. The van der Waals surface area contributed by atoms with E-state index in [0.29, 0.717) is 12.5 Å². The van der Waals surface area contributed by atoms with Crippen molar-refractivity contribution >= 4 is 5.97 Å². The summed E-state index contributed by atoms with van der Waals surface area (Å²) in [5.41, 5.74) is 5.99. The molecule has 4 nitrogen and oxygen atoms in total. The summed E-state index contributed by atoms with van der Waals surface area (Å²) < 4.78 is 5.10. The van der Waals surface area contributed by atoms with Gasteiger partial charge in [0.25, 0.3) is 0 Å². The first-order valence-corrected chi connectivity index (χ1v) is 6.24. The fraction of sp³-hybridized carbons (Fsp3) is 0.917. The molecule has 3 atom stereocenters. The van der Waals surface area contributed by atoms with Crippen molar-refractivity contribution in [1.29, 1.82) is 0 Å². The second kappa shape index (κ2) is 6.21. The number of carbonyl (C=O) groups is 1. The zero-order valence-electron chi connectivity index (χ0n) is 10.6. The molecule has 1 fully saturated rings. The van der Waals surface area contributed by atoms with Gasteiger partial charge in [-0.1, -0.05) is 13.8 Å². The van der Waals surface area contributed by atoms with Crippen LogP contribution in [0.5, 0.6) is 0 Å². The van der Waals surface area contributed by atoms with Gasteiger partial charge in [-0.25, -0.2) is 0 Å². The largest absolute Gasteiger partial charge is 0.465 e. The molecular weight excluding hydrogens is 204 g/mol. The first-order valence-electron chi connectivity index (χ1n) is 6.24. The molecule has 1 saturated heterocycles. The first-order chi connectivity index (χ1) is 7.58. The summed E-state index contributed by atoms with van der Waals surface area (Å²) in [6.45, 7) is 8.25. The molecule has 0 aliphatic carbocycles. The zero-order valence-corrected chi connectivity index (χ0v) is 10.6. The van der Waals surface area contributed by atoms with Crippen molar-refractivity contribution in [2.24, 2.45) is 11.7 Å². The number of piperidine rings is 1. The van der Waals surface area contributed by atoms with E-state index >= 15 is 0 Å². The van der Waals surface area contributed by atoms with Crippen molar-refractivity contribution in [3.05, 3.63) is 0 Å². The maximum atomic E-state index is 11.8. The molecule has 1 aliphatic heterocycles. The Bertz CT molecular complexity index is 223. The van der Waals surface area contributed by atoms with Crippen molar-refractivity contribution in [1.82, 2.24) is 4.90 Å². The highest BCUT2D eigenvalue weighted by molar-refractivity contribution is 5.75. The minimum atomic E-state index is -0.117. The molecule has 16 heavy (non-hydrogen) atoms. The monoisotopic (exact) mass is 228 g/mol. The molecule has 0 aromatic heterocycles. The molecule has 3 unspecified atom stereocenters. The maximum Gasteiger partial charge on any atom is 0.323 e. The third-order valence-electron chi connectivity index (χ3n) is 3.11. The van der Waals surface area contributed by atoms with Crippen LogP contribution in [0.1, 0.15) is 33.6 Å². The van der Waals surface area contributed by atoms with Gasteiger partial charge < -0.3 is 10.5 Å². The Morgan fingerprint density at radius 2 is 2.19 bits per heavy atom. The molecule has 0 bridgehead atoms. The average molecular weight is 228 g/mol. The molecule has 1 heterocycles. The molecule has 94 valence electrons. The van der Waals surface area contributed by atoms with Gasteiger partial charge in [0.1, 0.15) is 6.04 Å². The van der Waals surface area contributed by atoms with Gasteiger partial charge in [-0.15, -0.1) is 0 Å². The summed E-state index contributed by atoms with van der Waals surface area (Å²) in [5.74, 6) is 0.457. The van der Waals surface area contributed by atoms with Crippen molar-refractivity contribution in [3.63, 3.8) is 0 Å². The van der Waals surface area contributed by atoms with Crippen LogP contribution in [-0.4, -0.2) is 42.6 Å². The number of carbonyl (C=O) groups excluding carboxylic acids is 1. The summed E-state index contributed by atoms with van der Waals surface area (Å²) in [4.78, 5) is 14.0. The minimum Gasteiger partial charge on any atom is -0.465 e. The maximum absolute atomic E-state index is 11.8. The number of likely N-dealkylation sites (tertiary alicyclic amines) is 1. The predicted molar refractivity (Wildman–Crippen MR) is 64.0 cm³/mol. The van der Waals surface area contributed by atoms with Crippen LogP contribution in [0.25, 0.3) is 0 Å². The summed E-state index contributed by atoms with van der Waals surface area (Å²) in [6.07, 6.45) is 1.84. The van der Waals surface area contributed by atoms with E-state index in [1.54, 1.807) is 0 Å². The third-order valence-corrected chi connectivity index (χ3v) is 3.11. The van der Waals surface area contributed by atoms with Crippen molar-refractivity contribution in [2.45, 2.75) is 45.7 Å². The lowest BCUT2D eigenvalue weighted by Gasteiger charge is -2.38. The lowest BCUT2D eigenvalue weighted by molar-refractivity contribution is -0.150. The highest BCUT2D eigenvalue weighted by atomic mass is 16.5. The molecule has 1 rings (SSSR count). The number of esters is 1. The Hall–Kier alpha value is -0.610. The number of ether oxygens (including phenoxy) is 1. The molecule has 0 aromatic rings. The van der Waals surface area contributed by atoms with Crippen molar-refractivity contribution < 1.29 is 9.53 Å². The number of hydrogen-bond acceptors (Lipinski definition) is 4. The van der Waals surface area contributed by atoms with Crippen LogP contribution in [0.4, 0.5) is 0 Å². The van der Waals surface area contributed by atoms with E-state index in [-0.39, 0.29) is 18.1 Å². The molecule has 0 amide bonds. The van der Waals surface area contributed by atoms with Gasteiger partial charge in [-0.3, -0.25) is 9.69 Å². The van der Waals surface area contributed by atoms with E-state index in [2.05, 4.69) is 11.8 Å². The standard InChI is InChI=1S/C12H24N2O2/c1-4-11(12(15)16-5-2)14-7-9(3)6-10(13)8-14/h9-11H,4-8,13H2,1-3H3. The SMILES string of the molecule is CCOC(=O)C(CC)N1CC(C)CC(N)C1. The Balaban J connectivity index is 2.60. The quantitative estimate of drug-likeness (QED) is 0.729. The van der Waals surface area contributed by atoms with Gasteiger partial charge in [0, 0.05) is 19.1 Å². The van der Waals surface area contributed by atoms with Gasteiger partial charge in [-0.05, 0) is 25.7 Å². The first kappa shape index (κ1) is 13.5. The zero-order chi connectivity index (χ0) is 12.1. The fourth-order valence-electron chi connectivity index (χ4n) is 2.51. The highest BCUT2D eigenvalue weighted by Crippen LogP contribution is 2.19. The van der Waals surface area contributed by atoms with Gasteiger partial charge in [0.05, 0.1) is 6.61 Å². The Labute approximate surface area is 98.1 Å². The molecular formula is C12H24N2O2. The van der Waals surface area contributed by atoms with Crippen LogP contribution < -0.4 is 5.73 Å². The summed E-state index contributed by atoms with van der Waals surface area (Å²) >= 11 is 0. The van der Waals surface area contributed by atoms with Crippen LogP contribution >= 0.6 is 0 Å². The Kier molecular flexibility index (Phi) is 5.22. The van der Waals surface area contributed by atoms with Gasteiger partial charge in [0.2, 0.25) is 0 Å².